The molecule has 0 unspecified atom stereocenters. The van der Waals surface area contributed by atoms with Gasteiger partial charge in [-0.3, -0.25) is 0 Å². The molecule has 4 nitrogen and oxygen atoms in total. The van der Waals surface area contributed by atoms with Gasteiger partial charge in [0.15, 0.2) is 11.6 Å². The summed E-state index contributed by atoms with van der Waals surface area (Å²) in [6.07, 6.45) is 0. The first-order valence-electron chi connectivity index (χ1n) is 4.89. The number of hydrogen-bond donors (Lipinski definition) is 1. The topological polar surface area (TPSA) is 50.9 Å². The van der Waals surface area contributed by atoms with Crippen molar-refractivity contribution >= 4 is 15.9 Å². The van der Waals surface area contributed by atoms with Gasteiger partial charge in [0.25, 0.3) is 0 Å². The number of aryl methyl sites for hydroxylation is 1. The van der Waals surface area contributed by atoms with Crippen molar-refractivity contribution in [1.29, 1.82) is 0 Å². The zero-order chi connectivity index (χ0) is 11.7. The van der Waals surface area contributed by atoms with E-state index in [0.717, 1.165) is 15.9 Å². The summed E-state index contributed by atoms with van der Waals surface area (Å²) in [7, 11) is 1.84. The van der Waals surface area contributed by atoms with Crippen molar-refractivity contribution < 1.29 is 5.11 Å². The zero-order valence-corrected chi connectivity index (χ0v) is 10.7. The summed E-state index contributed by atoms with van der Waals surface area (Å²) in [5.41, 5.74) is 2.15. The molecule has 0 saturated heterocycles. The second-order valence-electron chi connectivity index (χ2n) is 3.62. The number of halogens is 1. The van der Waals surface area contributed by atoms with Crippen molar-refractivity contribution in [2.24, 2.45) is 7.05 Å². The average molecular weight is 282 g/mol. The van der Waals surface area contributed by atoms with E-state index in [1.165, 1.54) is 5.56 Å². The second-order valence-corrected chi connectivity index (χ2v) is 4.48. The standard InChI is InChI=1S/C11H12BrN3O/c1-7-3-4-8(5-9(7)12)11-14-13-10(6-16)15(11)2/h3-5,16H,6H2,1-2H3. The molecule has 0 radical (unpaired) electrons. The molecule has 0 amide bonds. The first-order chi connectivity index (χ1) is 7.63. The summed E-state index contributed by atoms with van der Waals surface area (Å²) < 4.78 is 2.83. The third kappa shape index (κ3) is 1.88. The van der Waals surface area contributed by atoms with Gasteiger partial charge < -0.3 is 9.67 Å². The summed E-state index contributed by atoms with van der Waals surface area (Å²) in [6, 6.07) is 6.01. The molecule has 0 aliphatic carbocycles. The van der Waals surface area contributed by atoms with E-state index in [2.05, 4.69) is 26.1 Å². The quantitative estimate of drug-likeness (QED) is 0.917. The molecular formula is C11H12BrN3O. The Morgan fingerprint density at radius 3 is 2.69 bits per heavy atom. The molecule has 2 rings (SSSR count). The summed E-state index contributed by atoms with van der Waals surface area (Å²) in [5.74, 6) is 1.32. The van der Waals surface area contributed by atoms with E-state index in [1.54, 1.807) is 4.57 Å². The van der Waals surface area contributed by atoms with E-state index in [4.69, 9.17) is 5.11 Å². The maximum atomic E-state index is 9.04. The molecule has 0 aliphatic rings. The molecule has 1 aromatic carbocycles. The highest BCUT2D eigenvalue weighted by atomic mass is 79.9. The average Bonchev–Trinajstić information content (AvgIpc) is 2.64. The van der Waals surface area contributed by atoms with Crippen LogP contribution in [0.15, 0.2) is 22.7 Å². The molecule has 0 aliphatic heterocycles. The van der Waals surface area contributed by atoms with E-state index in [-0.39, 0.29) is 6.61 Å². The Labute approximate surface area is 102 Å². The lowest BCUT2D eigenvalue weighted by atomic mass is 10.1. The molecule has 16 heavy (non-hydrogen) atoms. The van der Waals surface area contributed by atoms with E-state index in [9.17, 15) is 0 Å². The Bertz CT molecular complexity index is 522. The Kier molecular flexibility index (Phi) is 3.07. The van der Waals surface area contributed by atoms with Gasteiger partial charge in [0.2, 0.25) is 0 Å². The highest BCUT2D eigenvalue weighted by Gasteiger charge is 2.10. The van der Waals surface area contributed by atoms with Crippen molar-refractivity contribution in [3.8, 4) is 11.4 Å². The van der Waals surface area contributed by atoms with Gasteiger partial charge in [-0.05, 0) is 18.6 Å². The lowest BCUT2D eigenvalue weighted by molar-refractivity contribution is 0.267. The number of nitrogens with zero attached hydrogens (tertiary/aromatic N) is 3. The third-order valence-electron chi connectivity index (χ3n) is 2.54. The third-order valence-corrected chi connectivity index (χ3v) is 3.39. The molecular weight excluding hydrogens is 270 g/mol. The first-order valence-corrected chi connectivity index (χ1v) is 5.68. The molecule has 0 saturated carbocycles. The highest BCUT2D eigenvalue weighted by molar-refractivity contribution is 9.10. The normalized spacial score (nSPS) is 10.8. The molecule has 0 bridgehead atoms. The Hall–Kier alpha value is -1.20. The summed E-state index contributed by atoms with van der Waals surface area (Å²) in [5, 5.41) is 17.0. The van der Waals surface area contributed by atoms with Crippen LogP contribution in [0.25, 0.3) is 11.4 Å². The maximum absolute atomic E-state index is 9.04. The van der Waals surface area contributed by atoms with Gasteiger partial charge in [-0.2, -0.15) is 0 Å². The molecule has 5 heteroatoms. The first kappa shape index (κ1) is 11.3. The van der Waals surface area contributed by atoms with Crippen molar-refractivity contribution in [2.45, 2.75) is 13.5 Å². The van der Waals surface area contributed by atoms with E-state index < -0.39 is 0 Å². The fourth-order valence-corrected chi connectivity index (χ4v) is 1.86. The SMILES string of the molecule is Cc1ccc(-c2nnc(CO)n2C)cc1Br. The maximum Gasteiger partial charge on any atom is 0.163 e. The van der Waals surface area contributed by atoms with Crippen molar-refractivity contribution in [3.63, 3.8) is 0 Å². The van der Waals surface area contributed by atoms with Crippen molar-refractivity contribution in [1.82, 2.24) is 14.8 Å². The highest BCUT2D eigenvalue weighted by Crippen LogP contribution is 2.24. The van der Waals surface area contributed by atoms with Crippen LogP contribution in [0.1, 0.15) is 11.4 Å². The van der Waals surface area contributed by atoms with Crippen LogP contribution in [0, 0.1) is 6.92 Å². The fraction of sp³-hybridized carbons (Fsp3) is 0.273. The van der Waals surface area contributed by atoms with Crippen LogP contribution < -0.4 is 0 Å². The molecule has 1 heterocycles. The van der Waals surface area contributed by atoms with Crippen LogP contribution >= 0.6 is 15.9 Å². The van der Waals surface area contributed by atoms with Crippen LogP contribution in [0.2, 0.25) is 0 Å². The van der Waals surface area contributed by atoms with Gasteiger partial charge in [-0.15, -0.1) is 10.2 Å². The van der Waals surface area contributed by atoms with E-state index >= 15 is 0 Å². The van der Waals surface area contributed by atoms with Gasteiger partial charge in [0, 0.05) is 17.1 Å². The predicted molar refractivity (Wildman–Crippen MR) is 64.8 cm³/mol. The zero-order valence-electron chi connectivity index (χ0n) is 9.11. The number of hydrogen-bond acceptors (Lipinski definition) is 3. The Morgan fingerprint density at radius 2 is 2.12 bits per heavy atom. The monoisotopic (exact) mass is 281 g/mol. The Balaban J connectivity index is 2.50. The van der Waals surface area contributed by atoms with Crippen LogP contribution in [-0.2, 0) is 13.7 Å². The molecule has 0 fully saturated rings. The minimum atomic E-state index is -0.101. The smallest absolute Gasteiger partial charge is 0.163 e. The second kappa shape index (κ2) is 4.35. The van der Waals surface area contributed by atoms with Crippen molar-refractivity contribution in [3.05, 3.63) is 34.1 Å². The summed E-state index contributed by atoms with van der Waals surface area (Å²) in [4.78, 5) is 0. The van der Waals surface area contributed by atoms with Gasteiger partial charge >= 0.3 is 0 Å². The van der Waals surface area contributed by atoms with Crippen molar-refractivity contribution in [2.75, 3.05) is 0 Å². The summed E-state index contributed by atoms with van der Waals surface area (Å²) in [6.45, 7) is 1.93. The lowest BCUT2D eigenvalue weighted by Crippen LogP contribution is -1.99. The molecule has 0 spiro atoms. The van der Waals surface area contributed by atoms with Crippen LogP contribution in [0.3, 0.4) is 0 Å². The van der Waals surface area contributed by atoms with Gasteiger partial charge in [-0.25, -0.2) is 0 Å². The number of aliphatic hydroxyl groups excluding tert-OH is 1. The predicted octanol–water partition coefficient (Wildman–Crippen LogP) is 2.05. The van der Waals surface area contributed by atoms with Gasteiger partial charge in [-0.1, -0.05) is 28.1 Å². The minimum Gasteiger partial charge on any atom is -0.388 e. The number of aliphatic hydroxyl groups is 1. The fourth-order valence-electron chi connectivity index (χ4n) is 1.48. The van der Waals surface area contributed by atoms with Crippen LogP contribution in [0.5, 0.6) is 0 Å². The largest absolute Gasteiger partial charge is 0.388 e. The summed E-state index contributed by atoms with van der Waals surface area (Å²) >= 11 is 3.48. The molecule has 0 atom stereocenters. The van der Waals surface area contributed by atoms with Crippen LogP contribution in [0.4, 0.5) is 0 Å². The minimum absolute atomic E-state index is 0.101. The molecule has 1 aromatic heterocycles. The number of aromatic nitrogens is 3. The molecule has 84 valence electrons. The van der Waals surface area contributed by atoms with Gasteiger partial charge in [0.1, 0.15) is 6.61 Å². The van der Waals surface area contributed by atoms with E-state index in [0.29, 0.717) is 5.82 Å². The molecule has 1 N–H and O–H groups in total. The van der Waals surface area contributed by atoms with E-state index in [1.807, 2.05) is 32.2 Å². The Morgan fingerprint density at radius 1 is 1.38 bits per heavy atom. The van der Waals surface area contributed by atoms with Crippen LogP contribution in [-0.4, -0.2) is 19.9 Å². The number of rotatable bonds is 2. The number of benzene rings is 1. The lowest BCUT2D eigenvalue weighted by Gasteiger charge is -2.04. The van der Waals surface area contributed by atoms with Gasteiger partial charge in [0.05, 0.1) is 0 Å². The molecule has 2 aromatic rings.